The Morgan fingerprint density at radius 2 is 2.17 bits per heavy atom. The Balaban J connectivity index is 1.96. The summed E-state index contributed by atoms with van der Waals surface area (Å²) in [4.78, 5) is 15.7. The van der Waals surface area contributed by atoms with Crippen molar-refractivity contribution in [2.45, 2.75) is 13.8 Å². The minimum Gasteiger partial charge on any atom is -0.460 e. The first-order chi connectivity index (χ1) is 8.65. The summed E-state index contributed by atoms with van der Waals surface area (Å²) in [5.74, 6) is 1.09. The van der Waals surface area contributed by atoms with Gasteiger partial charge in [-0.3, -0.25) is 9.78 Å². The van der Waals surface area contributed by atoms with E-state index in [0.717, 1.165) is 11.5 Å². The second kappa shape index (κ2) is 5.27. The third kappa shape index (κ3) is 3.04. The van der Waals surface area contributed by atoms with Crippen molar-refractivity contribution in [3.05, 3.63) is 53.2 Å². The van der Waals surface area contributed by atoms with Crippen LogP contribution in [0.15, 0.2) is 40.0 Å². The highest BCUT2D eigenvalue weighted by Gasteiger charge is 2.03. The number of nitrogens with one attached hydrogen (secondary N) is 1. The summed E-state index contributed by atoms with van der Waals surface area (Å²) in [6.07, 6.45) is 2.96. The Hall–Kier alpha value is -2.43. The summed E-state index contributed by atoms with van der Waals surface area (Å²) in [7, 11) is 0. The fraction of sp³-hybridized carbons (Fsp3) is 0.154. The predicted octanol–water partition coefficient (Wildman–Crippen LogP) is 2.06. The molecule has 0 saturated carbocycles. The van der Waals surface area contributed by atoms with Gasteiger partial charge in [-0.2, -0.15) is 5.10 Å². The predicted molar refractivity (Wildman–Crippen MR) is 67.5 cm³/mol. The van der Waals surface area contributed by atoms with Gasteiger partial charge >= 0.3 is 0 Å². The number of hydrogen-bond donors (Lipinski definition) is 1. The molecule has 0 aromatic carbocycles. The zero-order chi connectivity index (χ0) is 13.0. The quantitative estimate of drug-likeness (QED) is 0.662. The number of nitrogens with zero attached hydrogens (tertiary/aromatic N) is 2. The van der Waals surface area contributed by atoms with Gasteiger partial charge < -0.3 is 4.42 Å². The van der Waals surface area contributed by atoms with Crippen molar-refractivity contribution in [3.63, 3.8) is 0 Å². The molecule has 0 radical (unpaired) electrons. The molecule has 0 spiro atoms. The number of aryl methyl sites for hydroxylation is 2. The van der Waals surface area contributed by atoms with E-state index in [1.807, 2.05) is 19.9 Å². The highest BCUT2D eigenvalue weighted by atomic mass is 16.3. The van der Waals surface area contributed by atoms with Gasteiger partial charge in [-0.25, -0.2) is 5.43 Å². The van der Waals surface area contributed by atoms with Gasteiger partial charge in [0.25, 0.3) is 5.91 Å². The summed E-state index contributed by atoms with van der Waals surface area (Å²) >= 11 is 0. The molecule has 1 N–H and O–H groups in total. The minimum atomic E-state index is -0.304. The summed E-state index contributed by atoms with van der Waals surface area (Å²) in [5, 5.41) is 3.81. The lowest BCUT2D eigenvalue weighted by molar-refractivity contribution is 0.0955. The molecular formula is C13H13N3O2. The second-order valence-electron chi connectivity index (χ2n) is 3.84. The molecule has 0 aliphatic carbocycles. The van der Waals surface area contributed by atoms with E-state index >= 15 is 0 Å². The van der Waals surface area contributed by atoms with Crippen LogP contribution in [0.1, 0.15) is 27.6 Å². The fourth-order valence-corrected chi connectivity index (χ4v) is 1.34. The third-order valence-electron chi connectivity index (χ3n) is 2.29. The topological polar surface area (TPSA) is 67.5 Å². The van der Waals surface area contributed by atoms with E-state index in [9.17, 15) is 4.79 Å². The monoisotopic (exact) mass is 243 g/mol. The van der Waals surface area contributed by atoms with Crippen molar-refractivity contribution in [1.29, 1.82) is 0 Å². The first kappa shape index (κ1) is 12.0. The number of pyridine rings is 1. The van der Waals surface area contributed by atoms with Crippen LogP contribution in [0.4, 0.5) is 0 Å². The maximum atomic E-state index is 11.7. The Kier molecular flexibility index (Phi) is 3.52. The van der Waals surface area contributed by atoms with Gasteiger partial charge in [0.2, 0.25) is 0 Å². The van der Waals surface area contributed by atoms with E-state index in [-0.39, 0.29) is 5.91 Å². The maximum absolute atomic E-state index is 11.7. The lowest BCUT2D eigenvalue weighted by atomic mass is 10.2. The molecule has 0 saturated heterocycles. The Labute approximate surface area is 105 Å². The van der Waals surface area contributed by atoms with E-state index in [0.29, 0.717) is 11.3 Å². The fourth-order valence-electron chi connectivity index (χ4n) is 1.34. The van der Waals surface area contributed by atoms with Crippen molar-refractivity contribution < 1.29 is 9.21 Å². The molecular weight excluding hydrogens is 230 g/mol. The largest absolute Gasteiger partial charge is 0.460 e. The maximum Gasteiger partial charge on any atom is 0.272 e. The summed E-state index contributed by atoms with van der Waals surface area (Å²) in [5.41, 5.74) is 3.73. The Morgan fingerprint density at radius 3 is 2.78 bits per heavy atom. The van der Waals surface area contributed by atoms with Crippen LogP contribution in [0.3, 0.4) is 0 Å². The number of carbonyl (C=O) groups is 1. The number of aromatic nitrogens is 1. The number of hydrogen-bond acceptors (Lipinski definition) is 4. The van der Waals surface area contributed by atoms with E-state index in [1.165, 1.54) is 12.4 Å². The highest BCUT2D eigenvalue weighted by Crippen LogP contribution is 2.03. The number of carbonyl (C=O) groups excluding carboxylic acids is 1. The van der Waals surface area contributed by atoms with E-state index in [4.69, 9.17) is 4.42 Å². The van der Waals surface area contributed by atoms with Crippen molar-refractivity contribution >= 4 is 12.1 Å². The van der Waals surface area contributed by atoms with Gasteiger partial charge in [-0.1, -0.05) is 0 Å². The van der Waals surface area contributed by atoms with Crippen LogP contribution in [-0.4, -0.2) is 17.1 Å². The summed E-state index contributed by atoms with van der Waals surface area (Å²) in [6.45, 7) is 3.70. The zero-order valence-electron chi connectivity index (χ0n) is 10.2. The van der Waals surface area contributed by atoms with Crippen LogP contribution < -0.4 is 5.43 Å². The molecule has 0 fully saturated rings. The van der Waals surface area contributed by atoms with Gasteiger partial charge in [0.05, 0.1) is 11.8 Å². The molecule has 18 heavy (non-hydrogen) atoms. The van der Waals surface area contributed by atoms with Gasteiger partial charge in [-0.05, 0) is 38.1 Å². The molecule has 0 atom stereocenters. The van der Waals surface area contributed by atoms with Crippen molar-refractivity contribution in [3.8, 4) is 0 Å². The van der Waals surface area contributed by atoms with E-state index < -0.39 is 0 Å². The summed E-state index contributed by atoms with van der Waals surface area (Å²) in [6, 6.07) is 7.07. The molecule has 2 rings (SSSR count). The SMILES string of the molecule is Cc1ccc(C(=O)N/N=C\c2ccc(C)o2)cn1. The standard InChI is InChI=1S/C13H13N3O2/c1-9-3-5-11(7-14-9)13(17)16-15-8-12-6-4-10(2)18-12/h3-8H,1-2H3,(H,16,17)/b15-8-. The molecule has 0 bridgehead atoms. The number of hydrazone groups is 1. The molecule has 0 unspecified atom stereocenters. The smallest absolute Gasteiger partial charge is 0.272 e. The number of furan rings is 1. The van der Waals surface area contributed by atoms with Crippen LogP contribution in [0.25, 0.3) is 0 Å². The molecule has 0 aliphatic rings. The third-order valence-corrected chi connectivity index (χ3v) is 2.29. The van der Waals surface area contributed by atoms with Gasteiger partial charge in [0.1, 0.15) is 11.5 Å². The first-order valence-corrected chi connectivity index (χ1v) is 5.47. The van der Waals surface area contributed by atoms with Crippen molar-refractivity contribution in [1.82, 2.24) is 10.4 Å². The van der Waals surface area contributed by atoms with Crippen molar-refractivity contribution in [2.24, 2.45) is 5.10 Å². The van der Waals surface area contributed by atoms with Gasteiger partial charge in [0.15, 0.2) is 0 Å². The van der Waals surface area contributed by atoms with Crippen molar-refractivity contribution in [2.75, 3.05) is 0 Å². The van der Waals surface area contributed by atoms with Crippen LogP contribution in [0.2, 0.25) is 0 Å². The first-order valence-electron chi connectivity index (χ1n) is 5.47. The van der Waals surface area contributed by atoms with Gasteiger partial charge in [-0.15, -0.1) is 0 Å². The minimum absolute atomic E-state index is 0.304. The van der Waals surface area contributed by atoms with Crippen LogP contribution >= 0.6 is 0 Å². The Morgan fingerprint density at radius 1 is 1.33 bits per heavy atom. The lowest BCUT2D eigenvalue weighted by Crippen LogP contribution is -2.17. The normalized spacial score (nSPS) is 10.8. The molecule has 1 amide bonds. The van der Waals surface area contributed by atoms with Crippen LogP contribution in [0, 0.1) is 13.8 Å². The average Bonchev–Trinajstić information content (AvgIpc) is 2.76. The molecule has 2 aromatic rings. The number of amides is 1. The zero-order valence-corrected chi connectivity index (χ0v) is 10.2. The highest BCUT2D eigenvalue weighted by molar-refractivity contribution is 5.94. The number of rotatable bonds is 3. The Bertz CT molecular complexity index is 570. The molecule has 0 aliphatic heterocycles. The molecule has 5 heteroatoms. The van der Waals surface area contributed by atoms with E-state index in [1.54, 1.807) is 18.2 Å². The van der Waals surface area contributed by atoms with Gasteiger partial charge in [0, 0.05) is 11.9 Å². The van der Waals surface area contributed by atoms with Crippen LogP contribution in [-0.2, 0) is 0 Å². The molecule has 92 valence electrons. The molecule has 2 heterocycles. The van der Waals surface area contributed by atoms with Crippen LogP contribution in [0.5, 0.6) is 0 Å². The molecule has 5 nitrogen and oxygen atoms in total. The summed E-state index contributed by atoms with van der Waals surface area (Å²) < 4.78 is 5.27. The lowest BCUT2D eigenvalue weighted by Gasteiger charge is -1.98. The average molecular weight is 243 g/mol. The molecule has 2 aromatic heterocycles. The second-order valence-corrected chi connectivity index (χ2v) is 3.84. The van der Waals surface area contributed by atoms with E-state index in [2.05, 4.69) is 15.5 Å².